The monoisotopic (exact) mass is 259 g/mol. The lowest BCUT2D eigenvalue weighted by Crippen LogP contribution is -2.48. The second-order valence-corrected chi connectivity index (χ2v) is 5.71. The summed E-state index contributed by atoms with van der Waals surface area (Å²) in [5.74, 6) is 0.791. The maximum absolute atomic E-state index is 12.7. The van der Waals surface area contributed by atoms with Gasteiger partial charge in [0.1, 0.15) is 0 Å². The Hall–Kier alpha value is -1.42. The summed E-state index contributed by atoms with van der Waals surface area (Å²) in [6.07, 6.45) is 2.36. The van der Waals surface area contributed by atoms with Crippen LogP contribution < -0.4 is 5.32 Å². The predicted octanol–water partition coefficient (Wildman–Crippen LogP) is 1.52. The topological polar surface area (TPSA) is 45.2 Å². The van der Waals surface area contributed by atoms with E-state index in [0.29, 0.717) is 12.0 Å². The standard InChI is InChI=1S/C15H21N3O/c1-10-5-6-13(11(2)17-10)15(19)18-7-3-4-12-8-16-9-14(12)18/h5-6,12,14,16H,3-4,7-9H2,1-2H3. The number of hydrogen-bond donors (Lipinski definition) is 1. The first-order chi connectivity index (χ1) is 9.16. The number of amides is 1. The quantitative estimate of drug-likeness (QED) is 0.831. The zero-order valence-electron chi connectivity index (χ0n) is 11.6. The lowest BCUT2D eigenvalue weighted by Gasteiger charge is -2.37. The molecule has 0 spiro atoms. The maximum Gasteiger partial charge on any atom is 0.255 e. The highest BCUT2D eigenvalue weighted by atomic mass is 16.2. The first kappa shape index (κ1) is 12.6. The molecule has 2 atom stereocenters. The third-order valence-corrected chi connectivity index (χ3v) is 4.39. The van der Waals surface area contributed by atoms with Gasteiger partial charge in [0.05, 0.1) is 11.3 Å². The fraction of sp³-hybridized carbons (Fsp3) is 0.600. The van der Waals surface area contributed by atoms with Crippen LogP contribution in [0.3, 0.4) is 0 Å². The molecule has 1 amide bonds. The number of carbonyl (C=O) groups excluding carboxylic acids is 1. The fourth-order valence-electron chi connectivity index (χ4n) is 3.39. The number of fused-ring (bicyclic) bond motifs is 1. The molecule has 1 aromatic heterocycles. The Morgan fingerprint density at radius 1 is 1.37 bits per heavy atom. The lowest BCUT2D eigenvalue weighted by molar-refractivity contribution is 0.0573. The van der Waals surface area contributed by atoms with Gasteiger partial charge in [-0.25, -0.2) is 0 Å². The summed E-state index contributed by atoms with van der Waals surface area (Å²) in [4.78, 5) is 19.2. The molecule has 2 aliphatic heterocycles. The first-order valence-corrected chi connectivity index (χ1v) is 7.13. The normalized spacial score (nSPS) is 26.3. The molecular weight excluding hydrogens is 238 g/mol. The van der Waals surface area contributed by atoms with Crippen LogP contribution in [0, 0.1) is 19.8 Å². The molecular formula is C15H21N3O. The van der Waals surface area contributed by atoms with Crippen molar-refractivity contribution in [2.24, 2.45) is 5.92 Å². The molecule has 2 unspecified atom stereocenters. The van der Waals surface area contributed by atoms with E-state index in [1.807, 2.05) is 26.0 Å². The zero-order valence-corrected chi connectivity index (χ0v) is 11.6. The fourth-order valence-corrected chi connectivity index (χ4v) is 3.39. The van der Waals surface area contributed by atoms with Crippen LogP contribution in [0.15, 0.2) is 12.1 Å². The van der Waals surface area contributed by atoms with Crippen molar-refractivity contribution in [2.75, 3.05) is 19.6 Å². The van der Waals surface area contributed by atoms with Crippen LogP contribution >= 0.6 is 0 Å². The van der Waals surface area contributed by atoms with Gasteiger partial charge < -0.3 is 10.2 Å². The third-order valence-electron chi connectivity index (χ3n) is 4.39. The van der Waals surface area contributed by atoms with E-state index in [4.69, 9.17) is 0 Å². The molecule has 0 saturated carbocycles. The number of nitrogens with one attached hydrogen (secondary N) is 1. The van der Waals surface area contributed by atoms with E-state index >= 15 is 0 Å². The second-order valence-electron chi connectivity index (χ2n) is 5.71. The van der Waals surface area contributed by atoms with Crippen molar-refractivity contribution < 1.29 is 4.79 Å². The number of carbonyl (C=O) groups is 1. The summed E-state index contributed by atoms with van der Waals surface area (Å²) in [6.45, 7) is 6.76. The molecule has 4 nitrogen and oxygen atoms in total. The van der Waals surface area contributed by atoms with E-state index in [1.165, 1.54) is 6.42 Å². The van der Waals surface area contributed by atoms with Gasteiger partial charge in [-0.2, -0.15) is 0 Å². The van der Waals surface area contributed by atoms with Gasteiger partial charge in [-0.1, -0.05) is 0 Å². The largest absolute Gasteiger partial charge is 0.334 e. The summed E-state index contributed by atoms with van der Waals surface area (Å²) in [5, 5.41) is 3.41. The number of aromatic nitrogens is 1. The summed E-state index contributed by atoms with van der Waals surface area (Å²) in [5.41, 5.74) is 2.57. The Morgan fingerprint density at radius 2 is 2.21 bits per heavy atom. The van der Waals surface area contributed by atoms with Crippen LogP contribution in [0.2, 0.25) is 0 Å². The Morgan fingerprint density at radius 3 is 3.00 bits per heavy atom. The number of nitrogens with zero attached hydrogens (tertiary/aromatic N) is 2. The highest BCUT2D eigenvalue weighted by Gasteiger charge is 2.37. The van der Waals surface area contributed by atoms with Crippen LogP contribution in [-0.2, 0) is 0 Å². The van der Waals surface area contributed by atoms with Crippen molar-refractivity contribution in [3.8, 4) is 0 Å². The smallest absolute Gasteiger partial charge is 0.255 e. The highest BCUT2D eigenvalue weighted by Crippen LogP contribution is 2.28. The molecule has 3 rings (SSSR count). The van der Waals surface area contributed by atoms with Gasteiger partial charge >= 0.3 is 0 Å². The van der Waals surface area contributed by atoms with Gasteiger partial charge in [-0.05, 0) is 44.7 Å². The third kappa shape index (κ3) is 2.25. The molecule has 0 radical (unpaired) electrons. The van der Waals surface area contributed by atoms with Gasteiger partial charge in [0.15, 0.2) is 0 Å². The predicted molar refractivity (Wildman–Crippen MR) is 74.1 cm³/mol. The average molecular weight is 259 g/mol. The van der Waals surface area contributed by atoms with Crippen molar-refractivity contribution in [3.63, 3.8) is 0 Å². The lowest BCUT2D eigenvalue weighted by atomic mass is 9.91. The summed E-state index contributed by atoms with van der Waals surface area (Å²) in [7, 11) is 0. The van der Waals surface area contributed by atoms with E-state index in [9.17, 15) is 4.79 Å². The van der Waals surface area contributed by atoms with Crippen LogP contribution in [0.25, 0.3) is 0 Å². The molecule has 4 heteroatoms. The summed E-state index contributed by atoms with van der Waals surface area (Å²) in [6, 6.07) is 4.22. The number of rotatable bonds is 1. The summed E-state index contributed by atoms with van der Waals surface area (Å²) >= 11 is 0. The molecule has 19 heavy (non-hydrogen) atoms. The van der Waals surface area contributed by atoms with Gasteiger partial charge in [0, 0.05) is 31.4 Å². The van der Waals surface area contributed by atoms with Gasteiger partial charge in [0.25, 0.3) is 5.91 Å². The van der Waals surface area contributed by atoms with Crippen molar-refractivity contribution in [3.05, 3.63) is 29.1 Å². The van der Waals surface area contributed by atoms with E-state index in [-0.39, 0.29) is 5.91 Å². The number of likely N-dealkylation sites (tertiary alicyclic amines) is 1. The van der Waals surface area contributed by atoms with Crippen molar-refractivity contribution in [1.29, 1.82) is 0 Å². The Bertz CT molecular complexity index is 500. The molecule has 0 aliphatic carbocycles. The second kappa shape index (κ2) is 4.93. The molecule has 2 saturated heterocycles. The molecule has 2 fully saturated rings. The first-order valence-electron chi connectivity index (χ1n) is 7.13. The Labute approximate surface area is 114 Å². The van der Waals surface area contributed by atoms with E-state index in [1.54, 1.807) is 0 Å². The van der Waals surface area contributed by atoms with Gasteiger partial charge in [0.2, 0.25) is 0 Å². The molecule has 102 valence electrons. The maximum atomic E-state index is 12.7. The van der Waals surface area contributed by atoms with Crippen LogP contribution in [0.4, 0.5) is 0 Å². The van der Waals surface area contributed by atoms with Crippen LogP contribution in [0.1, 0.15) is 34.6 Å². The summed E-state index contributed by atoms with van der Waals surface area (Å²) < 4.78 is 0. The number of aryl methyl sites for hydroxylation is 2. The van der Waals surface area contributed by atoms with E-state index < -0.39 is 0 Å². The van der Waals surface area contributed by atoms with E-state index in [2.05, 4.69) is 15.2 Å². The molecule has 1 N–H and O–H groups in total. The van der Waals surface area contributed by atoms with Crippen molar-refractivity contribution in [1.82, 2.24) is 15.2 Å². The molecule has 0 bridgehead atoms. The highest BCUT2D eigenvalue weighted by molar-refractivity contribution is 5.95. The molecule has 3 heterocycles. The van der Waals surface area contributed by atoms with E-state index in [0.717, 1.165) is 43.0 Å². The Kier molecular flexibility index (Phi) is 3.27. The molecule has 2 aliphatic rings. The number of piperidine rings is 1. The number of hydrogen-bond acceptors (Lipinski definition) is 3. The van der Waals surface area contributed by atoms with Crippen molar-refractivity contribution in [2.45, 2.75) is 32.7 Å². The van der Waals surface area contributed by atoms with Gasteiger partial charge in [-0.3, -0.25) is 9.78 Å². The minimum atomic E-state index is 0.156. The molecule has 1 aromatic rings. The number of pyridine rings is 1. The van der Waals surface area contributed by atoms with Crippen molar-refractivity contribution >= 4 is 5.91 Å². The van der Waals surface area contributed by atoms with Crippen LogP contribution in [0.5, 0.6) is 0 Å². The Balaban J connectivity index is 1.86. The average Bonchev–Trinajstić information content (AvgIpc) is 2.86. The van der Waals surface area contributed by atoms with Gasteiger partial charge in [-0.15, -0.1) is 0 Å². The minimum Gasteiger partial charge on any atom is -0.334 e. The molecule has 0 aromatic carbocycles. The SMILES string of the molecule is Cc1ccc(C(=O)N2CCCC3CNCC32)c(C)n1. The minimum absolute atomic E-state index is 0.156. The van der Waals surface area contributed by atoms with Crippen LogP contribution in [-0.4, -0.2) is 41.5 Å². The zero-order chi connectivity index (χ0) is 13.4.